The smallest absolute Gasteiger partial charge is 0.343 e. The highest BCUT2D eigenvalue weighted by atomic mass is 16.7. The Morgan fingerprint density at radius 2 is 1.82 bits per heavy atom. The number of carbonyl (C=O) groups is 1. The molecule has 0 N–H and O–H groups in total. The second-order valence-corrected chi connectivity index (χ2v) is 8.00. The molecule has 8 nitrogen and oxygen atoms in total. The lowest BCUT2D eigenvalue weighted by molar-refractivity contribution is 0.0734. The Kier molecular flexibility index (Phi) is 5.55. The van der Waals surface area contributed by atoms with Crippen LogP contribution < -0.4 is 19.8 Å². The van der Waals surface area contributed by atoms with Gasteiger partial charge in [0.25, 0.3) is 5.56 Å². The van der Waals surface area contributed by atoms with E-state index in [2.05, 4.69) is 10.1 Å². The quantitative estimate of drug-likeness (QED) is 0.252. The van der Waals surface area contributed by atoms with Gasteiger partial charge in [-0.2, -0.15) is 9.78 Å². The van der Waals surface area contributed by atoms with Crippen LogP contribution in [-0.4, -0.2) is 28.6 Å². The highest BCUT2D eigenvalue weighted by molar-refractivity contribution is 5.93. The van der Waals surface area contributed by atoms with E-state index in [1.165, 1.54) is 10.9 Å². The van der Waals surface area contributed by atoms with E-state index >= 15 is 0 Å². The van der Waals surface area contributed by atoms with Gasteiger partial charge in [-0.25, -0.2) is 9.78 Å². The Bertz CT molecular complexity index is 1490. The summed E-state index contributed by atoms with van der Waals surface area (Å²) < 4.78 is 17.5. The first-order valence-electron chi connectivity index (χ1n) is 10.8. The van der Waals surface area contributed by atoms with Gasteiger partial charge in [-0.3, -0.25) is 4.79 Å². The maximum absolute atomic E-state index is 13.1. The van der Waals surface area contributed by atoms with Gasteiger partial charge in [-0.05, 0) is 42.5 Å². The van der Waals surface area contributed by atoms with Crippen molar-refractivity contribution in [2.24, 2.45) is 5.10 Å². The number of aromatic nitrogens is 2. The summed E-state index contributed by atoms with van der Waals surface area (Å²) in [6, 6.07) is 19.0. The van der Waals surface area contributed by atoms with E-state index in [1.54, 1.807) is 54.6 Å². The van der Waals surface area contributed by atoms with E-state index in [0.29, 0.717) is 45.1 Å². The van der Waals surface area contributed by atoms with Gasteiger partial charge in [-0.15, -0.1) is 0 Å². The molecule has 1 aliphatic rings. The molecule has 170 valence electrons. The molecule has 0 spiro atoms. The van der Waals surface area contributed by atoms with E-state index in [0.717, 1.165) is 0 Å². The van der Waals surface area contributed by atoms with Crippen LogP contribution in [0, 0.1) is 0 Å². The third-order valence-corrected chi connectivity index (χ3v) is 5.34. The molecule has 1 aromatic heterocycles. The second kappa shape index (κ2) is 8.82. The molecule has 0 bridgehead atoms. The summed E-state index contributed by atoms with van der Waals surface area (Å²) in [6.07, 6.45) is 1.49. The zero-order valence-corrected chi connectivity index (χ0v) is 18.6. The van der Waals surface area contributed by atoms with Crippen LogP contribution in [0.15, 0.2) is 76.6 Å². The average molecular weight is 455 g/mol. The number of carbonyl (C=O) groups excluding carboxylic acids is 1. The monoisotopic (exact) mass is 455 g/mol. The molecule has 5 rings (SSSR count). The van der Waals surface area contributed by atoms with Gasteiger partial charge in [0.1, 0.15) is 11.6 Å². The Labute approximate surface area is 195 Å². The fourth-order valence-electron chi connectivity index (χ4n) is 3.61. The number of esters is 1. The second-order valence-electron chi connectivity index (χ2n) is 8.00. The number of ether oxygens (including phenoxy) is 3. The molecular weight excluding hydrogens is 434 g/mol. The number of benzene rings is 3. The van der Waals surface area contributed by atoms with Crippen molar-refractivity contribution in [1.82, 2.24) is 9.66 Å². The number of hydrogen-bond donors (Lipinski definition) is 0. The third-order valence-electron chi connectivity index (χ3n) is 5.34. The molecule has 0 fully saturated rings. The Morgan fingerprint density at radius 1 is 1.06 bits per heavy atom. The van der Waals surface area contributed by atoms with Crippen molar-refractivity contribution in [1.29, 1.82) is 0 Å². The van der Waals surface area contributed by atoms with Crippen molar-refractivity contribution < 1.29 is 19.0 Å². The summed E-state index contributed by atoms with van der Waals surface area (Å²) in [5, 5.41) is 4.90. The Hall–Kier alpha value is -4.46. The molecule has 0 radical (unpaired) electrons. The number of fused-ring (bicyclic) bond motifs is 2. The fraction of sp³-hybridized carbons (Fsp3) is 0.154. The molecule has 34 heavy (non-hydrogen) atoms. The van der Waals surface area contributed by atoms with Crippen LogP contribution in [0.3, 0.4) is 0 Å². The molecule has 0 unspecified atom stereocenters. The van der Waals surface area contributed by atoms with Crippen LogP contribution in [0.4, 0.5) is 0 Å². The minimum absolute atomic E-state index is 0.0338. The topological polar surface area (TPSA) is 92.0 Å². The molecule has 8 heteroatoms. The van der Waals surface area contributed by atoms with Crippen LogP contribution in [0.2, 0.25) is 0 Å². The Morgan fingerprint density at radius 3 is 2.68 bits per heavy atom. The van der Waals surface area contributed by atoms with Crippen LogP contribution in [-0.2, 0) is 0 Å². The summed E-state index contributed by atoms with van der Waals surface area (Å²) in [4.78, 5) is 30.5. The van der Waals surface area contributed by atoms with E-state index in [-0.39, 0.29) is 18.3 Å². The van der Waals surface area contributed by atoms with Crippen molar-refractivity contribution in [2.45, 2.75) is 19.8 Å². The van der Waals surface area contributed by atoms with Gasteiger partial charge in [-0.1, -0.05) is 38.1 Å². The van der Waals surface area contributed by atoms with Gasteiger partial charge < -0.3 is 14.2 Å². The van der Waals surface area contributed by atoms with Crippen LogP contribution in [0.5, 0.6) is 17.2 Å². The molecule has 0 amide bonds. The van der Waals surface area contributed by atoms with Gasteiger partial charge >= 0.3 is 5.97 Å². The summed E-state index contributed by atoms with van der Waals surface area (Å²) in [7, 11) is 0. The van der Waals surface area contributed by atoms with Crippen molar-refractivity contribution in [3.63, 3.8) is 0 Å². The molecule has 0 saturated heterocycles. The maximum Gasteiger partial charge on any atom is 0.343 e. The number of hydrogen-bond acceptors (Lipinski definition) is 7. The van der Waals surface area contributed by atoms with Gasteiger partial charge in [0, 0.05) is 11.5 Å². The number of para-hydroxylation sites is 2. The van der Waals surface area contributed by atoms with Gasteiger partial charge in [0.2, 0.25) is 6.79 Å². The van der Waals surface area contributed by atoms with E-state index in [1.807, 2.05) is 26.0 Å². The van der Waals surface area contributed by atoms with Crippen LogP contribution in [0.25, 0.3) is 10.9 Å². The van der Waals surface area contributed by atoms with E-state index in [9.17, 15) is 9.59 Å². The minimum atomic E-state index is -0.549. The lowest BCUT2D eigenvalue weighted by Gasteiger charge is -2.12. The van der Waals surface area contributed by atoms with Crippen molar-refractivity contribution in [3.05, 3.63) is 94.0 Å². The molecule has 4 aromatic rings. The molecule has 0 saturated carbocycles. The minimum Gasteiger partial charge on any atom is -0.454 e. The molecule has 0 aliphatic carbocycles. The zero-order chi connectivity index (χ0) is 23.7. The standard InChI is InChI=1S/C26H21N3O5/c1-16(2)24-28-20-9-5-4-8-19(20)25(30)29(24)27-14-18-7-3-6-10-21(18)34-26(31)17-11-12-22-23(13-17)33-15-32-22/h3-14,16H,15H2,1-2H3/b27-14-. The van der Waals surface area contributed by atoms with Crippen molar-refractivity contribution in [2.75, 3.05) is 6.79 Å². The van der Waals surface area contributed by atoms with E-state index in [4.69, 9.17) is 14.2 Å². The predicted molar refractivity (Wildman–Crippen MR) is 127 cm³/mol. The van der Waals surface area contributed by atoms with E-state index < -0.39 is 5.97 Å². The Balaban J connectivity index is 1.48. The molecular formula is C26H21N3O5. The highest BCUT2D eigenvalue weighted by Gasteiger charge is 2.18. The third kappa shape index (κ3) is 4.01. The first kappa shape index (κ1) is 21.4. The molecule has 0 atom stereocenters. The normalized spacial score (nSPS) is 12.6. The van der Waals surface area contributed by atoms with Crippen molar-refractivity contribution >= 4 is 23.1 Å². The number of rotatable bonds is 5. The lowest BCUT2D eigenvalue weighted by Crippen LogP contribution is -2.23. The summed E-state index contributed by atoms with van der Waals surface area (Å²) in [5.41, 5.74) is 1.22. The first-order valence-corrected chi connectivity index (χ1v) is 10.8. The van der Waals surface area contributed by atoms with Crippen LogP contribution in [0.1, 0.15) is 41.5 Å². The van der Waals surface area contributed by atoms with Gasteiger partial charge in [0.15, 0.2) is 11.5 Å². The molecule has 2 heterocycles. The predicted octanol–water partition coefficient (Wildman–Crippen LogP) is 4.35. The van der Waals surface area contributed by atoms with Crippen molar-refractivity contribution in [3.8, 4) is 17.2 Å². The summed E-state index contributed by atoms with van der Waals surface area (Å²) in [5.74, 6) is 1.34. The van der Waals surface area contributed by atoms with Crippen LogP contribution >= 0.6 is 0 Å². The lowest BCUT2D eigenvalue weighted by atomic mass is 10.2. The number of nitrogens with zero attached hydrogens (tertiary/aromatic N) is 3. The summed E-state index contributed by atoms with van der Waals surface area (Å²) >= 11 is 0. The molecule has 3 aromatic carbocycles. The fourth-order valence-corrected chi connectivity index (χ4v) is 3.61. The average Bonchev–Trinajstić information content (AvgIpc) is 3.32. The highest BCUT2D eigenvalue weighted by Crippen LogP contribution is 2.33. The SMILES string of the molecule is CC(C)c1nc2ccccc2c(=O)n1/N=C\c1ccccc1OC(=O)c1ccc2c(c1)OCO2. The first-order chi connectivity index (χ1) is 16.5. The zero-order valence-electron chi connectivity index (χ0n) is 18.6. The largest absolute Gasteiger partial charge is 0.454 e. The maximum atomic E-state index is 13.1. The summed E-state index contributed by atoms with van der Waals surface area (Å²) in [6.45, 7) is 4.02. The molecule has 1 aliphatic heterocycles. The van der Waals surface area contributed by atoms with Gasteiger partial charge in [0.05, 0.1) is 22.7 Å².